The van der Waals surface area contributed by atoms with Gasteiger partial charge in [0.2, 0.25) is 11.8 Å². The van der Waals surface area contributed by atoms with Crippen LogP contribution in [0.15, 0.2) is 30.5 Å². The van der Waals surface area contributed by atoms with Crippen LogP contribution in [0, 0.1) is 5.92 Å². The minimum Gasteiger partial charge on any atom is -0.480 e. The van der Waals surface area contributed by atoms with E-state index in [-0.39, 0.29) is 18.4 Å². The fraction of sp³-hybridized carbons (Fsp3) is 0.538. The Morgan fingerprint density at radius 1 is 1.11 bits per heavy atom. The van der Waals surface area contributed by atoms with Crippen molar-refractivity contribution in [3.8, 4) is 0 Å². The van der Waals surface area contributed by atoms with Gasteiger partial charge in [0.05, 0.1) is 12.6 Å². The molecule has 2 amide bonds. The van der Waals surface area contributed by atoms with Crippen LogP contribution in [0.3, 0.4) is 0 Å². The van der Waals surface area contributed by atoms with Gasteiger partial charge in [-0.25, -0.2) is 4.98 Å². The van der Waals surface area contributed by atoms with E-state index in [1.165, 1.54) is 6.42 Å². The average molecular weight is 482 g/mol. The van der Waals surface area contributed by atoms with Crippen molar-refractivity contribution in [2.24, 2.45) is 5.92 Å². The Balaban J connectivity index is 1.39. The number of nitrogens with two attached hydrogens (primary N) is 1. The van der Waals surface area contributed by atoms with E-state index in [1.54, 1.807) is 11.1 Å². The van der Waals surface area contributed by atoms with Crippen LogP contribution in [0.4, 0.5) is 5.82 Å². The highest BCUT2D eigenvalue weighted by molar-refractivity contribution is 5.92. The van der Waals surface area contributed by atoms with Gasteiger partial charge in [0.25, 0.3) is 0 Å². The molecule has 0 spiro atoms. The molecular formula is C26H35N5O4. The van der Waals surface area contributed by atoms with Crippen LogP contribution in [-0.2, 0) is 20.9 Å². The second-order valence-corrected chi connectivity index (χ2v) is 9.73. The Labute approximate surface area is 205 Å². The number of rotatable bonds is 9. The summed E-state index contributed by atoms with van der Waals surface area (Å²) in [6, 6.07) is 6.54. The highest BCUT2D eigenvalue weighted by Gasteiger charge is 2.37. The number of nitrogens with one attached hydrogen (secondary N) is 2. The number of carboxylic acids is 1. The Hall–Kier alpha value is -3.20. The van der Waals surface area contributed by atoms with Crippen LogP contribution in [0.25, 0.3) is 10.8 Å². The summed E-state index contributed by atoms with van der Waals surface area (Å²) in [7, 11) is 0. The van der Waals surface area contributed by atoms with Crippen LogP contribution in [0.1, 0.15) is 56.9 Å². The third kappa shape index (κ3) is 6.28. The molecule has 9 heteroatoms. The fourth-order valence-electron chi connectivity index (χ4n) is 5.41. The van der Waals surface area contributed by atoms with Gasteiger partial charge >= 0.3 is 5.97 Å². The van der Waals surface area contributed by atoms with E-state index >= 15 is 0 Å². The maximum Gasteiger partial charge on any atom is 0.317 e. The van der Waals surface area contributed by atoms with Crippen LogP contribution in [-0.4, -0.2) is 57.9 Å². The summed E-state index contributed by atoms with van der Waals surface area (Å²) in [5.41, 5.74) is 6.86. The molecule has 9 nitrogen and oxygen atoms in total. The fourth-order valence-corrected chi connectivity index (χ4v) is 5.41. The van der Waals surface area contributed by atoms with Crippen molar-refractivity contribution in [3.05, 3.63) is 36.0 Å². The lowest BCUT2D eigenvalue weighted by atomic mass is 9.84. The monoisotopic (exact) mass is 481 g/mol. The number of likely N-dealkylation sites (tertiary alicyclic amines) is 1. The molecule has 2 atom stereocenters. The molecule has 0 bridgehead atoms. The number of carboxylic acid groups (broad SMARTS) is 1. The molecular weight excluding hydrogens is 446 g/mol. The zero-order chi connectivity index (χ0) is 24.8. The van der Waals surface area contributed by atoms with E-state index in [9.17, 15) is 14.4 Å². The van der Waals surface area contributed by atoms with Gasteiger partial charge < -0.3 is 21.1 Å². The average Bonchev–Trinajstić information content (AvgIpc) is 3.35. The number of carbonyl (C=O) groups excluding carboxylic acids is 2. The molecule has 1 aliphatic heterocycles. The van der Waals surface area contributed by atoms with Crippen LogP contribution in [0.5, 0.6) is 0 Å². The Morgan fingerprint density at radius 3 is 2.69 bits per heavy atom. The molecule has 1 saturated carbocycles. The molecule has 1 aromatic heterocycles. The first-order chi connectivity index (χ1) is 16.9. The summed E-state index contributed by atoms with van der Waals surface area (Å²) in [6.07, 6.45) is 9.28. The zero-order valence-electron chi connectivity index (χ0n) is 20.0. The predicted octanol–water partition coefficient (Wildman–Crippen LogP) is 2.44. The molecule has 2 aromatic rings. The first kappa shape index (κ1) is 24.9. The number of hydrogen-bond acceptors (Lipinski definition) is 6. The Bertz CT molecular complexity index is 1070. The molecule has 0 radical (unpaired) electrons. The number of benzene rings is 1. The van der Waals surface area contributed by atoms with E-state index < -0.39 is 18.1 Å². The Morgan fingerprint density at radius 2 is 1.91 bits per heavy atom. The van der Waals surface area contributed by atoms with Gasteiger partial charge in [-0.05, 0) is 48.3 Å². The molecule has 1 aliphatic carbocycles. The van der Waals surface area contributed by atoms with Crippen LogP contribution < -0.4 is 16.4 Å². The summed E-state index contributed by atoms with van der Waals surface area (Å²) in [6.45, 7) is 0.587. The summed E-state index contributed by atoms with van der Waals surface area (Å²) in [5, 5.41) is 16.9. The summed E-state index contributed by atoms with van der Waals surface area (Å²) < 4.78 is 0. The van der Waals surface area contributed by atoms with Crippen molar-refractivity contribution in [3.63, 3.8) is 0 Å². The highest BCUT2D eigenvalue weighted by Crippen LogP contribution is 2.29. The molecule has 1 aromatic carbocycles. The van der Waals surface area contributed by atoms with Crippen molar-refractivity contribution in [1.82, 2.24) is 20.5 Å². The van der Waals surface area contributed by atoms with E-state index in [2.05, 4.69) is 15.6 Å². The van der Waals surface area contributed by atoms with E-state index in [1.807, 2.05) is 24.3 Å². The van der Waals surface area contributed by atoms with Crippen molar-refractivity contribution in [2.45, 2.75) is 70.0 Å². The molecule has 5 N–H and O–H groups in total. The van der Waals surface area contributed by atoms with Gasteiger partial charge in [-0.15, -0.1) is 0 Å². The third-order valence-electron chi connectivity index (χ3n) is 7.26. The number of nitrogens with zero attached hydrogens (tertiary/aromatic N) is 2. The summed E-state index contributed by atoms with van der Waals surface area (Å²) in [4.78, 5) is 43.5. The lowest BCUT2D eigenvalue weighted by molar-refractivity contribution is -0.141. The number of anilines is 1. The molecule has 0 unspecified atom stereocenters. The minimum absolute atomic E-state index is 0.164. The highest BCUT2D eigenvalue weighted by atomic mass is 16.4. The molecule has 2 aliphatic rings. The van der Waals surface area contributed by atoms with Gasteiger partial charge in [-0.3, -0.25) is 19.7 Å². The molecule has 4 rings (SSSR count). The van der Waals surface area contributed by atoms with Gasteiger partial charge in [-0.1, -0.05) is 44.2 Å². The van der Waals surface area contributed by atoms with Crippen molar-refractivity contribution in [1.29, 1.82) is 0 Å². The number of aromatic nitrogens is 1. The smallest absolute Gasteiger partial charge is 0.317 e. The minimum atomic E-state index is -0.991. The van der Waals surface area contributed by atoms with E-state index in [0.29, 0.717) is 37.7 Å². The first-order valence-corrected chi connectivity index (χ1v) is 12.6. The second-order valence-electron chi connectivity index (χ2n) is 9.73. The molecule has 35 heavy (non-hydrogen) atoms. The number of aliphatic carboxylic acids is 1. The number of pyridine rings is 1. The second kappa shape index (κ2) is 11.5. The normalized spacial score (nSPS) is 19.5. The van der Waals surface area contributed by atoms with Crippen molar-refractivity contribution in [2.75, 3.05) is 18.8 Å². The number of amides is 2. The SMILES string of the molecule is Nc1nccc2cc(CNC(=O)[C@@H]3CCCN3C(=O)[C@@H](CC3CCCCC3)NCC(=O)O)ccc12. The maximum absolute atomic E-state index is 13.5. The largest absolute Gasteiger partial charge is 0.480 e. The van der Waals surface area contributed by atoms with Gasteiger partial charge in [-0.2, -0.15) is 0 Å². The van der Waals surface area contributed by atoms with E-state index in [0.717, 1.165) is 48.4 Å². The van der Waals surface area contributed by atoms with E-state index in [4.69, 9.17) is 10.8 Å². The lowest BCUT2D eigenvalue weighted by Gasteiger charge is -2.31. The number of nitrogen functional groups attached to an aromatic ring is 1. The van der Waals surface area contributed by atoms with Crippen LogP contribution in [0.2, 0.25) is 0 Å². The molecule has 188 valence electrons. The van der Waals surface area contributed by atoms with Crippen molar-refractivity contribution < 1.29 is 19.5 Å². The summed E-state index contributed by atoms with van der Waals surface area (Å²) >= 11 is 0. The summed E-state index contributed by atoms with van der Waals surface area (Å²) in [5.74, 6) is -0.457. The Kier molecular flexibility index (Phi) is 8.17. The predicted molar refractivity (Wildman–Crippen MR) is 133 cm³/mol. The quantitative estimate of drug-likeness (QED) is 0.432. The first-order valence-electron chi connectivity index (χ1n) is 12.6. The zero-order valence-corrected chi connectivity index (χ0v) is 20.0. The lowest BCUT2D eigenvalue weighted by Crippen LogP contribution is -2.53. The van der Waals surface area contributed by atoms with Crippen LogP contribution >= 0.6 is 0 Å². The number of fused-ring (bicyclic) bond motifs is 1. The topological polar surface area (TPSA) is 138 Å². The van der Waals surface area contributed by atoms with Gasteiger partial charge in [0, 0.05) is 24.7 Å². The molecule has 1 saturated heterocycles. The number of hydrogen-bond donors (Lipinski definition) is 4. The third-order valence-corrected chi connectivity index (χ3v) is 7.26. The number of carbonyl (C=O) groups is 3. The molecule has 2 fully saturated rings. The molecule has 2 heterocycles. The van der Waals surface area contributed by atoms with Gasteiger partial charge in [0.15, 0.2) is 0 Å². The maximum atomic E-state index is 13.5. The van der Waals surface area contributed by atoms with Crippen molar-refractivity contribution >= 4 is 34.4 Å². The standard InChI is InChI=1S/C26H35N5O4/c27-24-20-9-8-18(13-19(20)10-11-28-24)15-30-25(34)22-7-4-12-31(22)26(35)21(29-16-23(32)33)14-17-5-2-1-3-6-17/h8-11,13,17,21-22,29H,1-7,12,14-16H2,(H2,27,28)(H,30,34)(H,32,33)/t21-,22+/m1/s1. The van der Waals surface area contributed by atoms with Gasteiger partial charge in [0.1, 0.15) is 11.9 Å².